The fourth-order valence-corrected chi connectivity index (χ4v) is 0.506. The molecule has 0 aromatic heterocycles. The van der Waals surface area contributed by atoms with Gasteiger partial charge in [-0.3, -0.25) is 4.79 Å². The number of carbonyl (C=O) groups is 2. The molecule has 0 aromatic rings. The summed E-state index contributed by atoms with van der Waals surface area (Å²) in [6.07, 6.45) is 0.304. The molecule has 6 heteroatoms. The number of hydrogen-bond donors (Lipinski definition) is 2. The second-order valence-corrected chi connectivity index (χ2v) is 2.07. The zero-order valence-corrected chi connectivity index (χ0v) is 6.60. The Morgan fingerprint density at radius 1 is 1.42 bits per heavy atom. The van der Waals surface area contributed by atoms with Crippen LogP contribution in [0.25, 0.3) is 0 Å². The lowest BCUT2D eigenvalue weighted by atomic mass is 10.2. The van der Waals surface area contributed by atoms with Crippen LogP contribution in [0.4, 0.5) is 0 Å². The van der Waals surface area contributed by atoms with Crippen molar-refractivity contribution in [2.75, 3.05) is 6.54 Å². The number of hydrogen-bond acceptors (Lipinski definition) is 4. The number of aliphatic carboxylic acids is 2. The molecule has 0 amide bonds. The summed E-state index contributed by atoms with van der Waals surface area (Å²) in [7, 11) is 0. The molecule has 0 bridgehead atoms. The third kappa shape index (κ3) is 4.37. The quantitative estimate of drug-likeness (QED) is 0.588. The molecule has 0 aliphatic heterocycles. The Labute approximate surface area is 68.9 Å². The summed E-state index contributed by atoms with van der Waals surface area (Å²) in [5.74, 6) is -2.22. The van der Waals surface area contributed by atoms with E-state index in [1.165, 1.54) is 0 Å². The van der Waals surface area contributed by atoms with Gasteiger partial charge in [0, 0.05) is 0 Å². The molecular weight excluding hydrogens is 164 g/mol. The van der Waals surface area contributed by atoms with Crippen molar-refractivity contribution in [2.45, 2.75) is 19.4 Å². The van der Waals surface area contributed by atoms with Gasteiger partial charge in [-0.1, -0.05) is 6.92 Å². The minimum atomic E-state index is -1.13. The molecule has 12 heavy (non-hydrogen) atoms. The topological polar surface area (TPSA) is 99.3 Å². The van der Waals surface area contributed by atoms with E-state index in [0.717, 1.165) is 0 Å². The van der Waals surface area contributed by atoms with Crippen LogP contribution in [0.5, 0.6) is 0 Å². The molecule has 0 rings (SSSR count). The first-order valence-corrected chi connectivity index (χ1v) is 3.39. The van der Waals surface area contributed by atoms with Crippen LogP contribution in [0, 0.1) is 0 Å². The van der Waals surface area contributed by atoms with E-state index in [4.69, 9.17) is 10.2 Å². The Balaban J connectivity index is 3.93. The lowest BCUT2D eigenvalue weighted by molar-refractivity contribution is -0.139. The average Bonchev–Trinajstić information content (AvgIpc) is 1.96. The van der Waals surface area contributed by atoms with Gasteiger partial charge in [0.25, 0.3) is 0 Å². The molecule has 6 nitrogen and oxygen atoms in total. The van der Waals surface area contributed by atoms with Crippen LogP contribution in [0.1, 0.15) is 13.3 Å². The van der Waals surface area contributed by atoms with Crippen molar-refractivity contribution in [3.8, 4) is 0 Å². The smallest absolute Gasteiger partial charge is 0.330 e. The molecule has 0 aromatic carbocycles. The monoisotopic (exact) mass is 174 g/mol. The SMILES string of the molecule is CCC(N=NCC(=O)O)C(=O)O. The summed E-state index contributed by atoms with van der Waals surface area (Å²) in [4.78, 5) is 20.2. The summed E-state index contributed by atoms with van der Waals surface area (Å²) in [5, 5.41) is 23.1. The van der Waals surface area contributed by atoms with Gasteiger partial charge in [-0.2, -0.15) is 10.2 Å². The fourth-order valence-electron chi connectivity index (χ4n) is 0.506. The largest absolute Gasteiger partial charge is 0.480 e. The molecule has 0 spiro atoms. The molecule has 0 radical (unpaired) electrons. The van der Waals surface area contributed by atoms with Gasteiger partial charge in [0.2, 0.25) is 0 Å². The molecular formula is C6H10N2O4. The van der Waals surface area contributed by atoms with Crippen LogP contribution in [0.3, 0.4) is 0 Å². The number of carboxylic acids is 2. The summed E-state index contributed by atoms with van der Waals surface area (Å²) >= 11 is 0. The summed E-state index contributed by atoms with van der Waals surface area (Å²) in [5.41, 5.74) is 0. The van der Waals surface area contributed by atoms with Gasteiger partial charge in [0.1, 0.15) is 0 Å². The molecule has 1 atom stereocenters. The normalized spacial score (nSPS) is 13.1. The second-order valence-electron chi connectivity index (χ2n) is 2.07. The Kier molecular flexibility index (Phi) is 4.59. The maximum atomic E-state index is 10.3. The van der Waals surface area contributed by atoms with Crippen molar-refractivity contribution >= 4 is 11.9 Å². The van der Waals surface area contributed by atoms with E-state index in [9.17, 15) is 9.59 Å². The van der Waals surface area contributed by atoms with Gasteiger partial charge in [-0.25, -0.2) is 4.79 Å². The third-order valence-corrected chi connectivity index (χ3v) is 1.10. The molecule has 2 N–H and O–H groups in total. The van der Waals surface area contributed by atoms with Crippen LogP contribution in [-0.4, -0.2) is 34.7 Å². The van der Waals surface area contributed by atoms with E-state index in [-0.39, 0.29) is 0 Å². The zero-order chi connectivity index (χ0) is 9.56. The van der Waals surface area contributed by atoms with Crippen molar-refractivity contribution in [1.29, 1.82) is 0 Å². The lowest BCUT2D eigenvalue weighted by Crippen LogP contribution is -2.16. The van der Waals surface area contributed by atoms with Gasteiger partial charge in [-0.15, -0.1) is 0 Å². The Morgan fingerprint density at radius 2 is 2.00 bits per heavy atom. The van der Waals surface area contributed by atoms with E-state index in [0.29, 0.717) is 6.42 Å². The number of carboxylic acid groups (broad SMARTS) is 2. The van der Waals surface area contributed by atoms with E-state index in [1.807, 2.05) is 0 Å². The Morgan fingerprint density at radius 3 is 2.33 bits per heavy atom. The van der Waals surface area contributed by atoms with E-state index in [1.54, 1.807) is 6.92 Å². The highest BCUT2D eigenvalue weighted by atomic mass is 16.4. The first kappa shape index (κ1) is 10.5. The highest BCUT2D eigenvalue weighted by molar-refractivity contribution is 5.73. The lowest BCUT2D eigenvalue weighted by Gasteiger charge is -1.99. The third-order valence-electron chi connectivity index (χ3n) is 1.10. The molecule has 0 aliphatic carbocycles. The van der Waals surface area contributed by atoms with Crippen LogP contribution in [-0.2, 0) is 9.59 Å². The van der Waals surface area contributed by atoms with Crippen molar-refractivity contribution in [3.05, 3.63) is 0 Å². The van der Waals surface area contributed by atoms with E-state index in [2.05, 4.69) is 10.2 Å². The molecule has 0 heterocycles. The minimum absolute atomic E-state index is 0.304. The Hall–Kier alpha value is -1.46. The summed E-state index contributed by atoms with van der Waals surface area (Å²) < 4.78 is 0. The summed E-state index contributed by atoms with van der Waals surface area (Å²) in [6.45, 7) is 1.16. The number of azo groups is 1. The van der Waals surface area contributed by atoms with E-state index < -0.39 is 24.5 Å². The standard InChI is InChI=1S/C6H10N2O4/c1-2-4(6(11)12)8-7-3-5(9)10/h4H,2-3H2,1H3,(H,9,10)(H,11,12). The van der Waals surface area contributed by atoms with Crippen molar-refractivity contribution in [3.63, 3.8) is 0 Å². The molecule has 0 fully saturated rings. The van der Waals surface area contributed by atoms with Gasteiger partial charge in [0.05, 0.1) is 0 Å². The molecule has 1 unspecified atom stereocenters. The molecule has 0 aliphatic rings. The first-order chi connectivity index (χ1) is 5.57. The maximum absolute atomic E-state index is 10.3. The van der Waals surface area contributed by atoms with Gasteiger partial charge < -0.3 is 10.2 Å². The molecule has 68 valence electrons. The predicted octanol–water partition coefficient (Wildman–Crippen LogP) is 0.386. The number of rotatable bonds is 5. The second kappa shape index (κ2) is 5.22. The summed E-state index contributed by atoms with van der Waals surface area (Å²) in [6, 6.07) is -0.927. The highest BCUT2D eigenvalue weighted by Crippen LogP contribution is 1.97. The van der Waals surface area contributed by atoms with Crippen molar-refractivity contribution < 1.29 is 19.8 Å². The van der Waals surface area contributed by atoms with Crippen LogP contribution >= 0.6 is 0 Å². The average molecular weight is 174 g/mol. The molecule has 0 saturated carbocycles. The van der Waals surface area contributed by atoms with Crippen LogP contribution in [0.15, 0.2) is 10.2 Å². The van der Waals surface area contributed by atoms with Gasteiger partial charge in [0.15, 0.2) is 12.6 Å². The maximum Gasteiger partial charge on any atom is 0.330 e. The fraction of sp³-hybridized carbons (Fsp3) is 0.667. The van der Waals surface area contributed by atoms with Gasteiger partial charge >= 0.3 is 11.9 Å². The predicted molar refractivity (Wildman–Crippen MR) is 39.1 cm³/mol. The highest BCUT2D eigenvalue weighted by Gasteiger charge is 2.12. The van der Waals surface area contributed by atoms with Crippen molar-refractivity contribution in [2.24, 2.45) is 10.2 Å². The minimum Gasteiger partial charge on any atom is -0.480 e. The molecule has 0 saturated heterocycles. The van der Waals surface area contributed by atoms with E-state index >= 15 is 0 Å². The first-order valence-electron chi connectivity index (χ1n) is 3.39. The Bertz CT molecular complexity index is 202. The zero-order valence-electron chi connectivity index (χ0n) is 6.60. The van der Waals surface area contributed by atoms with Gasteiger partial charge in [-0.05, 0) is 6.42 Å². The van der Waals surface area contributed by atoms with Crippen LogP contribution in [0.2, 0.25) is 0 Å². The van der Waals surface area contributed by atoms with Crippen LogP contribution < -0.4 is 0 Å². The number of nitrogens with zero attached hydrogens (tertiary/aromatic N) is 2. The van der Waals surface area contributed by atoms with Crippen molar-refractivity contribution in [1.82, 2.24) is 0 Å².